The van der Waals surface area contributed by atoms with Crippen LogP contribution in [0.15, 0.2) is 78.9 Å². The average Bonchev–Trinajstić information content (AvgIpc) is 3.40. The van der Waals surface area contributed by atoms with E-state index in [4.69, 9.17) is 21.1 Å². The molecule has 0 unspecified atom stereocenters. The fourth-order valence-electron chi connectivity index (χ4n) is 5.84. The number of rotatable bonds is 8. The van der Waals surface area contributed by atoms with Crippen LogP contribution in [0.4, 0.5) is 9.18 Å². The van der Waals surface area contributed by atoms with E-state index in [1.807, 2.05) is 30.3 Å². The molecule has 3 aromatic carbocycles. The lowest BCUT2D eigenvalue weighted by Gasteiger charge is -2.34. The van der Waals surface area contributed by atoms with Gasteiger partial charge in [0.2, 0.25) is 11.8 Å². The van der Waals surface area contributed by atoms with E-state index >= 15 is 0 Å². The first kappa shape index (κ1) is 31.5. The fraction of sp³-hybridized carbons (Fsp3) is 0.382. The Bertz CT molecular complexity index is 1450. The van der Waals surface area contributed by atoms with Crippen LogP contribution in [-0.2, 0) is 30.9 Å². The number of nitrogens with one attached hydrogen (secondary N) is 1. The van der Waals surface area contributed by atoms with Gasteiger partial charge in [0.1, 0.15) is 18.0 Å². The van der Waals surface area contributed by atoms with Gasteiger partial charge in [0, 0.05) is 37.1 Å². The highest BCUT2D eigenvalue weighted by Gasteiger charge is 2.53. The molecule has 0 bridgehead atoms. The molecule has 1 N–H and O–H groups in total. The molecule has 2 saturated heterocycles. The van der Waals surface area contributed by atoms with E-state index in [0.29, 0.717) is 49.9 Å². The van der Waals surface area contributed by atoms with E-state index in [-0.39, 0.29) is 12.5 Å². The lowest BCUT2D eigenvalue weighted by Crippen LogP contribution is -2.55. The molecule has 44 heavy (non-hydrogen) atoms. The van der Waals surface area contributed by atoms with Crippen LogP contribution in [-0.4, -0.2) is 79.2 Å². The number of amides is 3. The van der Waals surface area contributed by atoms with Crippen molar-refractivity contribution in [2.75, 3.05) is 39.4 Å². The van der Waals surface area contributed by atoms with E-state index < -0.39 is 41.3 Å². The third-order valence-electron chi connectivity index (χ3n) is 8.43. The zero-order valence-corrected chi connectivity index (χ0v) is 25.6. The molecular weight excluding hydrogens is 585 g/mol. The number of hydrogen-bond acceptors (Lipinski definition) is 5. The first-order valence-electron chi connectivity index (χ1n) is 14.8. The summed E-state index contributed by atoms with van der Waals surface area (Å²) in [7, 11) is 0. The predicted molar refractivity (Wildman–Crippen MR) is 165 cm³/mol. The molecule has 2 aliphatic rings. The van der Waals surface area contributed by atoms with Gasteiger partial charge in [0.15, 0.2) is 0 Å². The number of ether oxygens (including phenoxy) is 2. The summed E-state index contributed by atoms with van der Waals surface area (Å²) in [6, 6.07) is 21.5. The third-order valence-corrected chi connectivity index (χ3v) is 8.68. The van der Waals surface area contributed by atoms with Crippen molar-refractivity contribution >= 4 is 29.5 Å². The molecule has 0 aromatic heterocycles. The van der Waals surface area contributed by atoms with E-state index in [9.17, 15) is 18.8 Å². The predicted octanol–water partition coefficient (Wildman–Crippen LogP) is 4.95. The second-order valence-electron chi connectivity index (χ2n) is 11.7. The Balaban J connectivity index is 1.49. The summed E-state index contributed by atoms with van der Waals surface area (Å²) >= 11 is 6.12. The zero-order valence-electron chi connectivity index (χ0n) is 24.9. The molecule has 0 spiro atoms. The number of carbonyl (C=O) groups is 3. The number of likely N-dealkylation sites (tertiary alicyclic amines) is 1. The lowest BCUT2D eigenvalue weighted by atomic mass is 9.83. The largest absolute Gasteiger partial charge is 0.443 e. The molecule has 3 aromatic rings. The molecule has 5 rings (SSSR count). The van der Waals surface area contributed by atoms with Crippen molar-refractivity contribution in [2.45, 2.75) is 43.7 Å². The lowest BCUT2D eigenvalue weighted by molar-refractivity contribution is -0.144. The minimum Gasteiger partial charge on any atom is -0.443 e. The van der Waals surface area contributed by atoms with Gasteiger partial charge in [-0.25, -0.2) is 9.18 Å². The Morgan fingerprint density at radius 2 is 1.64 bits per heavy atom. The highest BCUT2D eigenvalue weighted by atomic mass is 35.5. The molecule has 0 saturated carbocycles. The molecule has 2 heterocycles. The van der Waals surface area contributed by atoms with Crippen molar-refractivity contribution in [3.63, 3.8) is 0 Å². The first-order chi connectivity index (χ1) is 21.1. The van der Waals surface area contributed by atoms with Crippen LogP contribution < -0.4 is 5.32 Å². The topological polar surface area (TPSA) is 88.2 Å². The number of morpholine rings is 1. The molecule has 2 fully saturated rings. The Morgan fingerprint density at radius 1 is 0.977 bits per heavy atom. The van der Waals surface area contributed by atoms with E-state index in [1.165, 1.54) is 21.9 Å². The average molecular weight is 622 g/mol. The van der Waals surface area contributed by atoms with Crippen LogP contribution in [0, 0.1) is 5.82 Å². The first-order valence-corrected chi connectivity index (χ1v) is 15.2. The molecule has 0 aliphatic carbocycles. The van der Waals surface area contributed by atoms with E-state index in [1.54, 1.807) is 50.2 Å². The van der Waals surface area contributed by atoms with Crippen LogP contribution in [0.1, 0.15) is 36.5 Å². The van der Waals surface area contributed by atoms with Crippen LogP contribution in [0.3, 0.4) is 0 Å². The molecule has 10 heteroatoms. The van der Waals surface area contributed by atoms with Gasteiger partial charge in [-0.05, 0) is 61.2 Å². The van der Waals surface area contributed by atoms with Crippen LogP contribution >= 0.6 is 11.6 Å². The molecular formula is C34H37ClFN3O5. The van der Waals surface area contributed by atoms with Gasteiger partial charge in [-0.1, -0.05) is 66.2 Å². The summed E-state index contributed by atoms with van der Waals surface area (Å²) in [5.41, 5.74) is 1.40. The van der Waals surface area contributed by atoms with Gasteiger partial charge in [0.25, 0.3) is 0 Å². The number of halogens is 2. The molecule has 3 atom stereocenters. The van der Waals surface area contributed by atoms with Crippen molar-refractivity contribution in [1.82, 2.24) is 15.1 Å². The monoisotopic (exact) mass is 621 g/mol. The molecule has 232 valence electrons. The summed E-state index contributed by atoms with van der Waals surface area (Å²) in [6.45, 7) is 5.48. The molecule has 2 aliphatic heterocycles. The highest BCUT2D eigenvalue weighted by molar-refractivity contribution is 6.30. The second kappa shape index (κ2) is 13.8. The molecule has 3 amide bonds. The van der Waals surface area contributed by atoms with Crippen LogP contribution in [0.5, 0.6) is 0 Å². The maximum Gasteiger partial charge on any atom is 0.410 e. The number of benzene rings is 3. The normalized spacial score (nSPS) is 20.3. The second-order valence-corrected chi connectivity index (χ2v) is 12.1. The zero-order chi connectivity index (χ0) is 31.3. The fourth-order valence-corrected chi connectivity index (χ4v) is 5.97. The number of carbonyl (C=O) groups excluding carboxylic acids is 3. The minimum absolute atomic E-state index is 0.0965. The summed E-state index contributed by atoms with van der Waals surface area (Å²) in [5.74, 6) is -1.72. The molecule has 8 nitrogen and oxygen atoms in total. The quantitative estimate of drug-likeness (QED) is 0.385. The van der Waals surface area contributed by atoms with Gasteiger partial charge >= 0.3 is 6.09 Å². The maximum absolute atomic E-state index is 14.4. The summed E-state index contributed by atoms with van der Waals surface area (Å²) in [6.07, 6.45) is -1.01. The van der Waals surface area contributed by atoms with Crippen molar-refractivity contribution in [2.24, 2.45) is 0 Å². The number of nitrogens with zero attached hydrogens (tertiary/aromatic N) is 2. The van der Waals surface area contributed by atoms with Crippen molar-refractivity contribution < 1.29 is 28.2 Å². The van der Waals surface area contributed by atoms with Crippen molar-refractivity contribution in [1.29, 1.82) is 0 Å². The summed E-state index contributed by atoms with van der Waals surface area (Å²) in [4.78, 5) is 44.9. The van der Waals surface area contributed by atoms with Gasteiger partial charge in [-0.3, -0.25) is 9.59 Å². The Kier molecular flexibility index (Phi) is 9.86. The van der Waals surface area contributed by atoms with Gasteiger partial charge in [-0.15, -0.1) is 0 Å². The standard InChI is InChI=1S/C34H37ClFN3O5/c1-34(2,25-10-12-26(35)13-11-25)32(41)39-22-28(24-8-14-27(36)15-9-24)30(44-33(42)38-18-20-43-21-19-38)29(39)31(40)37-17-16-23-6-4-3-5-7-23/h3-15,28-30H,16-22H2,1-2H3,(H,37,40)/t28-,29+,30-/m1/s1. The van der Waals surface area contributed by atoms with E-state index in [2.05, 4.69) is 5.32 Å². The summed E-state index contributed by atoms with van der Waals surface area (Å²) < 4.78 is 25.5. The van der Waals surface area contributed by atoms with Crippen molar-refractivity contribution in [3.05, 3.63) is 106 Å². The Hall–Kier alpha value is -3.95. The third kappa shape index (κ3) is 7.05. The smallest absolute Gasteiger partial charge is 0.410 e. The van der Waals surface area contributed by atoms with E-state index in [0.717, 1.165) is 11.1 Å². The van der Waals surface area contributed by atoms with Crippen molar-refractivity contribution in [3.8, 4) is 0 Å². The highest BCUT2D eigenvalue weighted by Crippen LogP contribution is 2.39. The summed E-state index contributed by atoms with van der Waals surface area (Å²) in [5, 5.41) is 3.53. The minimum atomic E-state index is -1.12. The van der Waals surface area contributed by atoms with Crippen LogP contribution in [0.25, 0.3) is 0 Å². The Morgan fingerprint density at radius 3 is 2.30 bits per heavy atom. The SMILES string of the molecule is CC(C)(C(=O)N1C[C@H](c2ccc(F)cc2)[C@@H](OC(=O)N2CCOCC2)[C@H]1C(=O)NCCc1ccccc1)c1ccc(Cl)cc1. The number of hydrogen-bond donors (Lipinski definition) is 1. The van der Waals surface area contributed by atoms with Gasteiger partial charge in [0.05, 0.1) is 18.6 Å². The maximum atomic E-state index is 14.4. The van der Waals surface area contributed by atoms with Gasteiger partial charge < -0.3 is 24.6 Å². The molecule has 0 radical (unpaired) electrons. The van der Waals surface area contributed by atoms with Crippen LogP contribution in [0.2, 0.25) is 5.02 Å². The van der Waals surface area contributed by atoms with Gasteiger partial charge in [-0.2, -0.15) is 0 Å². The Labute approximate surface area is 262 Å².